The van der Waals surface area contributed by atoms with Crippen LogP contribution in [-0.4, -0.2) is 60.2 Å². The summed E-state index contributed by atoms with van der Waals surface area (Å²) in [5, 5.41) is 0. The van der Waals surface area contributed by atoms with E-state index < -0.39 is 0 Å². The zero-order valence-corrected chi connectivity index (χ0v) is 14.5. The summed E-state index contributed by atoms with van der Waals surface area (Å²) in [6.07, 6.45) is 3.68. The number of rotatable bonds is 3. The van der Waals surface area contributed by atoms with Gasteiger partial charge in [-0.15, -0.1) is 0 Å². The molecule has 0 saturated carbocycles. The van der Waals surface area contributed by atoms with E-state index in [0.717, 1.165) is 54.8 Å². The van der Waals surface area contributed by atoms with Gasteiger partial charge in [0.15, 0.2) is 0 Å². The highest BCUT2D eigenvalue weighted by atomic mass is 15.3. The summed E-state index contributed by atoms with van der Waals surface area (Å²) < 4.78 is 0. The highest BCUT2D eigenvalue weighted by Gasteiger charge is 2.20. The van der Waals surface area contributed by atoms with Crippen molar-refractivity contribution in [3.05, 3.63) is 42.7 Å². The lowest BCUT2D eigenvalue weighted by molar-refractivity contribution is 0.634. The van der Waals surface area contributed by atoms with Crippen molar-refractivity contribution >= 4 is 28.6 Å². The van der Waals surface area contributed by atoms with Gasteiger partial charge in [-0.2, -0.15) is 4.98 Å². The fraction of sp³-hybridized carbons (Fsp3) is 0.333. The minimum atomic E-state index is 0.787. The summed E-state index contributed by atoms with van der Waals surface area (Å²) in [5.41, 5.74) is 1.86. The monoisotopic (exact) mass is 335 g/mol. The van der Waals surface area contributed by atoms with Crippen molar-refractivity contribution < 1.29 is 0 Å². The van der Waals surface area contributed by atoms with Gasteiger partial charge in [0.2, 0.25) is 5.95 Å². The van der Waals surface area contributed by atoms with Crippen molar-refractivity contribution in [2.24, 2.45) is 0 Å². The van der Waals surface area contributed by atoms with Gasteiger partial charge in [-0.1, -0.05) is 12.1 Å². The van der Waals surface area contributed by atoms with Crippen LogP contribution >= 0.6 is 0 Å². The fourth-order valence-corrected chi connectivity index (χ4v) is 2.98. The first-order chi connectivity index (χ1) is 12.2. The maximum Gasteiger partial charge on any atom is 0.227 e. The quantitative estimate of drug-likeness (QED) is 0.723. The second-order valence-electron chi connectivity index (χ2n) is 6.30. The summed E-state index contributed by atoms with van der Waals surface area (Å²) in [6.45, 7) is 3.49. The van der Waals surface area contributed by atoms with E-state index in [9.17, 15) is 0 Å². The molecule has 25 heavy (non-hydrogen) atoms. The van der Waals surface area contributed by atoms with Crippen LogP contribution in [0.25, 0.3) is 11.0 Å². The first-order valence-corrected chi connectivity index (χ1v) is 8.43. The Kier molecular flexibility index (Phi) is 4.05. The Labute approximate surface area is 147 Å². The lowest BCUT2D eigenvalue weighted by Gasteiger charge is -2.35. The molecule has 0 N–H and O–H groups in total. The van der Waals surface area contributed by atoms with E-state index in [2.05, 4.69) is 24.8 Å². The molecule has 3 aromatic rings. The van der Waals surface area contributed by atoms with Crippen molar-refractivity contribution in [3.8, 4) is 0 Å². The number of para-hydroxylation sites is 2. The molecule has 0 aliphatic carbocycles. The smallest absolute Gasteiger partial charge is 0.227 e. The van der Waals surface area contributed by atoms with Crippen LogP contribution in [0.4, 0.5) is 17.6 Å². The molecule has 0 radical (unpaired) electrons. The van der Waals surface area contributed by atoms with Crippen LogP contribution in [0.3, 0.4) is 0 Å². The van der Waals surface area contributed by atoms with E-state index in [-0.39, 0.29) is 0 Å². The predicted molar refractivity (Wildman–Crippen MR) is 100 cm³/mol. The Morgan fingerprint density at radius 3 is 2.32 bits per heavy atom. The topological polar surface area (TPSA) is 61.3 Å². The third-order valence-corrected chi connectivity index (χ3v) is 4.41. The minimum absolute atomic E-state index is 0.787. The van der Waals surface area contributed by atoms with Crippen molar-refractivity contribution in [1.82, 2.24) is 19.9 Å². The molecule has 1 aliphatic rings. The molecule has 0 bridgehead atoms. The highest BCUT2D eigenvalue weighted by molar-refractivity contribution is 5.75. The van der Waals surface area contributed by atoms with Crippen molar-refractivity contribution in [3.63, 3.8) is 0 Å². The SMILES string of the molecule is CN(C)c1ccnc(N2CCN(c3cnc4ccccc4n3)CC2)n1. The number of piperazine rings is 1. The normalized spacial score (nSPS) is 14.8. The summed E-state index contributed by atoms with van der Waals surface area (Å²) in [6, 6.07) is 9.89. The molecule has 1 aliphatic heterocycles. The molecule has 128 valence electrons. The van der Waals surface area contributed by atoms with Crippen molar-refractivity contribution in [1.29, 1.82) is 0 Å². The van der Waals surface area contributed by atoms with Crippen LogP contribution in [0.1, 0.15) is 0 Å². The average Bonchev–Trinajstić information content (AvgIpc) is 2.68. The van der Waals surface area contributed by atoms with Gasteiger partial charge in [0.1, 0.15) is 11.6 Å². The maximum absolute atomic E-state index is 4.74. The molecule has 7 heteroatoms. The largest absolute Gasteiger partial charge is 0.363 e. The van der Waals surface area contributed by atoms with Crippen LogP contribution < -0.4 is 14.7 Å². The molecule has 7 nitrogen and oxygen atoms in total. The Balaban J connectivity index is 1.48. The average molecular weight is 335 g/mol. The van der Waals surface area contributed by atoms with Crippen molar-refractivity contribution in [2.45, 2.75) is 0 Å². The van der Waals surface area contributed by atoms with Crippen LogP contribution in [-0.2, 0) is 0 Å². The molecule has 3 heterocycles. The summed E-state index contributed by atoms with van der Waals surface area (Å²) >= 11 is 0. The molecule has 0 unspecified atom stereocenters. The molecule has 2 aromatic heterocycles. The molecule has 0 atom stereocenters. The Morgan fingerprint density at radius 1 is 0.840 bits per heavy atom. The van der Waals surface area contributed by atoms with Gasteiger partial charge in [0.05, 0.1) is 17.2 Å². The Hall–Kier alpha value is -2.96. The predicted octanol–water partition coefficient (Wildman–Crippen LogP) is 1.81. The van der Waals surface area contributed by atoms with Gasteiger partial charge in [0, 0.05) is 46.5 Å². The first kappa shape index (κ1) is 15.6. The highest BCUT2D eigenvalue weighted by Crippen LogP contribution is 2.19. The summed E-state index contributed by atoms with van der Waals surface area (Å²) in [7, 11) is 3.98. The minimum Gasteiger partial charge on any atom is -0.363 e. The lowest BCUT2D eigenvalue weighted by atomic mass is 10.3. The molecule has 0 spiro atoms. The van der Waals surface area contributed by atoms with Crippen LogP contribution in [0.15, 0.2) is 42.7 Å². The lowest BCUT2D eigenvalue weighted by Crippen LogP contribution is -2.47. The maximum atomic E-state index is 4.74. The third-order valence-electron chi connectivity index (χ3n) is 4.41. The molecule has 0 amide bonds. The van der Waals surface area contributed by atoms with Gasteiger partial charge in [-0.05, 0) is 18.2 Å². The standard InChI is InChI=1S/C18H21N7/c1-23(2)16-7-8-19-18(22-16)25-11-9-24(10-12-25)17-13-20-14-5-3-4-6-15(14)21-17/h3-8,13H,9-12H2,1-2H3. The number of anilines is 3. The number of hydrogen-bond acceptors (Lipinski definition) is 7. The van der Waals surface area contributed by atoms with Crippen molar-refractivity contribution in [2.75, 3.05) is 55.0 Å². The van der Waals surface area contributed by atoms with E-state index in [1.165, 1.54) is 0 Å². The third kappa shape index (κ3) is 3.17. The summed E-state index contributed by atoms with van der Waals surface area (Å²) in [4.78, 5) is 24.8. The number of nitrogens with zero attached hydrogens (tertiary/aromatic N) is 7. The number of hydrogen-bond donors (Lipinski definition) is 0. The van der Waals surface area contributed by atoms with Gasteiger partial charge in [-0.25, -0.2) is 9.97 Å². The van der Waals surface area contributed by atoms with Crippen LogP contribution in [0, 0.1) is 0 Å². The number of benzene rings is 1. The van der Waals surface area contributed by atoms with E-state index in [4.69, 9.17) is 4.98 Å². The zero-order chi connectivity index (χ0) is 17.2. The number of fused-ring (bicyclic) bond motifs is 1. The van der Waals surface area contributed by atoms with Crippen LogP contribution in [0.5, 0.6) is 0 Å². The molecule has 1 fully saturated rings. The first-order valence-electron chi connectivity index (χ1n) is 8.43. The van der Waals surface area contributed by atoms with Crippen LogP contribution in [0.2, 0.25) is 0 Å². The molecular formula is C18H21N7. The molecule has 1 saturated heterocycles. The fourth-order valence-electron chi connectivity index (χ4n) is 2.98. The Bertz CT molecular complexity index is 872. The van der Waals surface area contributed by atoms with Gasteiger partial charge >= 0.3 is 0 Å². The van der Waals surface area contributed by atoms with Gasteiger partial charge < -0.3 is 14.7 Å². The van der Waals surface area contributed by atoms with E-state index in [1.54, 1.807) is 0 Å². The number of aromatic nitrogens is 4. The Morgan fingerprint density at radius 2 is 1.56 bits per heavy atom. The molecule has 1 aromatic carbocycles. The molecular weight excluding hydrogens is 314 g/mol. The van der Waals surface area contributed by atoms with Gasteiger partial charge in [-0.3, -0.25) is 4.98 Å². The second kappa shape index (κ2) is 6.51. The van der Waals surface area contributed by atoms with E-state index in [1.807, 2.05) is 61.7 Å². The zero-order valence-electron chi connectivity index (χ0n) is 14.5. The second-order valence-corrected chi connectivity index (χ2v) is 6.30. The van der Waals surface area contributed by atoms with E-state index in [0.29, 0.717) is 0 Å². The van der Waals surface area contributed by atoms with Gasteiger partial charge in [0.25, 0.3) is 0 Å². The van der Waals surface area contributed by atoms with E-state index >= 15 is 0 Å². The summed E-state index contributed by atoms with van der Waals surface area (Å²) in [5.74, 6) is 2.64. The molecule has 4 rings (SSSR count).